The fraction of sp³-hybridized carbons (Fsp3) is 0.444. The molecule has 5 rings (SSSR count). The van der Waals surface area contributed by atoms with E-state index in [1.54, 1.807) is 17.7 Å². The average Bonchev–Trinajstić information content (AvgIpc) is 3.69. The van der Waals surface area contributed by atoms with Crippen molar-refractivity contribution in [2.45, 2.75) is 50.6 Å². The van der Waals surface area contributed by atoms with Gasteiger partial charge in [0.1, 0.15) is 11.5 Å². The molecule has 0 atom stereocenters. The Hall–Kier alpha value is -3.34. The van der Waals surface area contributed by atoms with Crippen LogP contribution in [0.15, 0.2) is 46.4 Å². The topological polar surface area (TPSA) is 78.7 Å². The standard InChI is InChI=1S/C27H29F3N4O3S/c28-27(29,30)19-5-7-23(33-11-1-2-12-33)21(16-19)31-25(36)22-17-38-26(32-22)18-9-13-34(14-10-18)24(35)8-6-20-4-3-15-37-20/h3-5,7,15-18H,1-2,6,8-14H2,(H,31,36). The molecule has 0 radical (unpaired) electrons. The highest BCUT2D eigenvalue weighted by molar-refractivity contribution is 7.10. The van der Waals surface area contributed by atoms with Crippen molar-refractivity contribution in [2.75, 3.05) is 36.4 Å². The van der Waals surface area contributed by atoms with Crippen LogP contribution < -0.4 is 10.2 Å². The molecule has 7 nitrogen and oxygen atoms in total. The molecule has 11 heteroatoms. The molecule has 2 aliphatic rings. The molecule has 0 unspecified atom stereocenters. The van der Waals surface area contributed by atoms with E-state index >= 15 is 0 Å². The molecule has 1 N–H and O–H groups in total. The quantitative estimate of drug-likeness (QED) is 0.397. The molecule has 2 fully saturated rings. The summed E-state index contributed by atoms with van der Waals surface area (Å²) in [5.41, 5.74) is 0.109. The number of anilines is 2. The molecular weight excluding hydrogens is 517 g/mol. The molecule has 4 heterocycles. The molecule has 2 amide bonds. The SMILES string of the molecule is O=C(Nc1cc(C(F)(F)F)ccc1N1CCCC1)c1csc(C2CCN(C(=O)CCc3ccco3)CC2)n1. The third kappa shape index (κ3) is 6.03. The molecule has 0 bridgehead atoms. The van der Waals surface area contributed by atoms with Crippen LogP contribution in [0.1, 0.15) is 64.8 Å². The highest BCUT2D eigenvalue weighted by Crippen LogP contribution is 2.37. The van der Waals surface area contributed by atoms with E-state index in [0.717, 1.165) is 61.7 Å². The summed E-state index contributed by atoms with van der Waals surface area (Å²) in [7, 11) is 0. The van der Waals surface area contributed by atoms with Crippen molar-refractivity contribution in [1.82, 2.24) is 9.88 Å². The number of alkyl halides is 3. The number of amides is 2. The Kier molecular flexibility index (Phi) is 7.73. The number of piperidine rings is 1. The normalized spacial score (nSPS) is 16.7. The van der Waals surface area contributed by atoms with E-state index in [1.807, 2.05) is 15.9 Å². The van der Waals surface area contributed by atoms with Crippen LogP contribution in [0.5, 0.6) is 0 Å². The van der Waals surface area contributed by atoms with Crippen LogP contribution in [0.3, 0.4) is 0 Å². The summed E-state index contributed by atoms with van der Waals surface area (Å²) >= 11 is 1.37. The predicted molar refractivity (Wildman–Crippen MR) is 139 cm³/mol. The summed E-state index contributed by atoms with van der Waals surface area (Å²) in [4.78, 5) is 33.9. The molecule has 0 saturated carbocycles. The fourth-order valence-electron chi connectivity index (χ4n) is 5.03. The second kappa shape index (κ2) is 11.2. The van der Waals surface area contributed by atoms with E-state index in [-0.39, 0.29) is 23.2 Å². The third-order valence-electron chi connectivity index (χ3n) is 7.14. The van der Waals surface area contributed by atoms with Gasteiger partial charge in [-0.1, -0.05) is 0 Å². The smallest absolute Gasteiger partial charge is 0.416 e. The number of nitrogens with zero attached hydrogens (tertiary/aromatic N) is 3. The highest BCUT2D eigenvalue weighted by atomic mass is 32.1. The van der Waals surface area contributed by atoms with Crippen molar-refractivity contribution in [3.63, 3.8) is 0 Å². The van der Waals surface area contributed by atoms with Crippen LogP contribution in [-0.4, -0.2) is 47.9 Å². The van der Waals surface area contributed by atoms with Crippen LogP contribution in [-0.2, 0) is 17.4 Å². The Bertz CT molecular complexity index is 1260. The number of rotatable bonds is 7. The zero-order chi connectivity index (χ0) is 26.7. The van der Waals surface area contributed by atoms with Gasteiger partial charge in [0.2, 0.25) is 5.91 Å². The summed E-state index contributed by atoms with van der Waals surface area (Å²) in [6.45, 7) is 2.71. The highest BCUT2D eigenvalue weighted by Gasteiger charge is 2.32. The molecule has 2 aromatic heterocycles. The van der Waals surface area contributed by atoms with Gasteiger partial charge in [-0.15, -0.1) is 11.3 Å². The second-order valence-electron chi connectivity index (χ2n) is 9.68. The van der Waals surface area contributed by atoms with Crippen molar-refractivity contribution in [2.24, 2.45) is 0 Å². The van der Waals surface area contributed by atoms with Crippen molar-refractivity contribution >= 4 is 34.5 Å². The summed E-state index contributed by atoms with van der Waals surface area (Å²) in [5.74, 6) is 0.482. The largest absolute Gasteiger partial charge is 0.469 e. The van der Waals surface area contributed by atoms with Gasteiger partial charge in [0, 0.05) is 50.3 Å². The van der Waals surface area contributed by atoms with Gasteiger partial charge >= 0.3 is 6.18 Å². The number of hydrogen-bond donors (Lipinski definition) is 1. The van der Waals surface area contributed by atoms with Crippen LogP contribution in [0.25, 0.3) is 0 Å². The van der Waals surface area contributed by atoms with E-state index < -0.39 is 17.6 Å². The Morgan fingerprint density at radius 3 is 2.55 bits per heavy atom. The minimum absolute atomic E-state index is 0.0916. The number of halogens is 3. The molecule has 0 aliphatic carbocycles. The summed E-state index contributed by atoms with van der Waals surface area (Å²) in [6, 6.07) is 7.14. The number of thiazole rings is 1. The van der Waals surface area contributed by atoms with Crippen molar-refractivity contribution in [3.8, 4) is 0 Å². The zero-order valence-corrected chi connectivity index (χ0v) is 21.6. The minimum Gasteiger partial charge on any atom is -0.469 e. The molecule has 2 aliphatic heterocycles. The van der Waals surface area contributed by atoms with E-state index in [9.17, 15) is 22.8 Å². The lowest BCUT2D eigenvalue weighted by atomic mass is 9.97. The van der Waals surface area contributed by atoms with Crippen LogP contribution >= 0.6 is 11.3 Å². The number of carbonyl (C=O) groups excluding carboxylic acids is 2. The number of carbonyl (C=O) groups is 2. The Labute approximate surface area is 222 Å². The number of hydrogen-bond acceptors (Lipinski definition) is 6. The van der Waals surface area contributed by atoms with Gasteiger partial charge < -0.3 is 19.5 Å². The third-order valence-corrected chi connectivity index (χ3v) is 8.14. The predicted octanol–water partition coefficient (Wildman–Crippen LogP) is 5.95. The molecule has 38 heavy (non-hydrogen) atoms. The maximum Gasteiger partial charge on any atom is 0.416 e. The van der Waals surface area contributed by atoms with Crippen molar-refractivity contribution in [3.05, 3.63) is 64.0 Å². The molecule has 1 aromatic carbocycles. The monoisotopic (exact) mass is 546 g/mol. The molecule has 3 aromatic rings. The summed E-state index contributed by atoms with van der Waals surface area (Å²) < 4.78 is 45.4. The second-order valence-corrected chi connectivity index (χ2v) is 10.6. The van der Waals surface area contributed by atoms with Crippen LogP contribution in [0.4, 0.5) is 24.5 Å². The van der Waals surface area contributed by atoms with Crippen molar-refractivity contribution in [1.29, 1.82) is 0 Å². The van der Waals surface area contributed by atoms with Gasteiger partial charge in [-0.05, 0) is 56.0 Å². The maximum absolute atomic E-state index is 13.4. The minimum atomic E-state index is -4.51. The Morgan fingerprint density at radius 2 is 1.87 bits per heavy atom. The molecule has 2 saturated heterocycles. The van der Waals surface area contributed by atoms with Gasteiger partial charge in [-0.2, -0.15) is 13.2 Å². The summed E-state index contributed by atoms with van der Waals surface area (Å²) in [5, 5.41) is 5.14. The fourth-order valence-corrected chi connectivity index (χ4v) is 6.00. The average molecular weight is 547 g/mol. The Balaban J connectivity index is 1.21. The number of furan rings is 1. The van der Waals surface area contributed by atoms with Crippen LogP contribution in [0, 0.1) is 0 Å². The number of aromatic nitrogens is 1. The van der Waals surface area contributed by atoms with Gasteiger partial charge in [0.15, 0.2) is 0 Å². The van der Waals surface area contributed by atoms with Gasteiger partial charge in [0.25, 0.3) is 5.91 Å². The van der Waals surface area contributed by atoms with Gasteiger partial charge in [-0.3, -0.25) is 9.59 Å². The number of nitrogens with one attached hydrogen (secondary N) is 1. The lowest BCUT2D eigenvalue weighted by molar-refractivity contribution is -0.137. The lowest BCUT2D eigenvalue weighted by Crippen LogP contribution is -2.38. The van der Waals surface area contributed by atoms with Crippen LogP contribution in [0.2, 0.25) is 0 Å². The number of benzene rings is 1. The number of likely N-dealkylation sites (tertiary alicyclic amines) is 1. The van der Waals surface area contributed by atoms with Gasteiger partial charge in [-0.25, -0.2) is 4.98 Å². The van der Waals surface area contributed by atoms with E-state index in [2.05, 4.69) is 10.3 Å². The number of aryl methyl sites for hydroxylation is 1. The molecular formula is C27H29F3N4O3S. The first-order valence-electron chi connectivity index (χ1n) is 12.8. The molecule has 0 spiro atoms. The van der Waals surface area contributed by atoms with Crippen molar-refractivity contribution < 1.29 is 27.2 Å². The maximum atomic E-state index is 13.4. The first kappa shape index (κ1) is 26.3. The van der Waals surface area contributed by atoms with E-state index in [0.29, 0.717) is 31.6 Å². The van der Waals surface area contributed by atoms with E-state index in [4.69, 9.17) is 4.42 Å². The zero-order valence-electron chi connectivity index (χ0n) is 20.8. The first-order valence-corrected chi connectivity index (χ1v) is 13.7. The first-order chi connectivity index (χ1) is 18.3. The summed E-state index contributed by atoms with van der Waals surface area (Å²) in [6.07, 6.45) is 1.46. The molecule has 202 valence electrons. The van der Waals surface area contributed by atoms with E-state index in [1.165, 1.54) is 17.4 Å². The van der Waals surface area contributed by atoms with Gasteiger partial charge in [0.05, 0.1) is 28.2 Å². The Morgan fingerprint density at radius 1 is 1.11 bits per heavy atom. The lowest BCUT2D eigenvalue weighted by Gasteiger charge is -2.31.